The molecular formula is C12H10AsAuClS3. The number of thiophene rings is 3. The molecule has 0 atom stereocenters. The zero-order valence-corrected chi connectivity index (χ0v) is 16.6. The SMILES string of the molecule is [Cl][Au].c1csc([AsH](c2cccs2)c2cccs2)c1. The van der Waals surface area contributed by atoms with Gasteiger partial charge in [0.15, 0.2) is 0 Å². The Morgan fingerprint density at radius 1 is 0.722 bits per heavy atom. The Balaban J connectivity index is 0.000000574. The van der Waals surface area contributed by atoms with Gasteiger partial charge in [-0.2, -0.15) is 0 Å². The van der Waals surface area contributed by atoms with Crippen molar-refractivity contribution in [3.63, 3.8) is 0 Å². The van der Waals surface area contributed by atoms with Crippen LogP contribution in [0.5, 0.6) is 0 Å². The van der Waals surface area contributed by atoms with Gasteiger partial charge < -0.3 is 0 Å². The fourth-order valence-corrected chi connectivity index (χ4v) is 14.5. The Morgan fingerprint density at radius 3 is 1.28 bits per heavy atom. The molecule has 0 saturated carbocycles. The summed E-state index contributed by atoms with van der Waals surface area (Å²) < 4.78 is 4.81. The van der Waals surface area contributed by atoms with Crippen molar-refractivity contribution < 1.29 is 20.0 Å². The monoisotopic (exact) mass is 557 g/mol. The third kappa shape index (κ3) is 3.62. The second-order valence-corrected chi connectivity index (χ2v) is 13.4. The van der Waals surface area contributed by atoms with Crippen LogP contribution in [0.4, 0.5) is 0 Å². The standard InChI is InChI=1S/C12H10AsS3.Au.ClH/c1-4-10(14-7-1)13(11-5-2-8-15-11)12-6-3-9-16-12;;/h1-9,13H;;1H/q;+1;/p-1. The van der Waals surface area contributed by atoms with Crippen LogP contribution in [0.1, 0.15) is 0 Å². The number of halogens is 1. The van der Waals surface area contributed by atoms with Crippen molar-refractivity contribution in [2.75, 3.05) is 0 Å². The Bertz CT molecular complexity index is 452. The molecule has 0 aliphatic carbocycles. The second-order valence-electron chi connectivity index (χ2n) is 3.31. The molecule has 6 heteroatoms. The fraction of sp³-hybridized carbons (Fsp3) is 0. The zero-order chi connectivity index (χ0) is 12.8. The quantitative estimate of drug-likeness (QED) is 0.435. The van der Waals surface area contributed by atoms with Crippen LogP contribution in [0, 0.1) is 0 Å². The van der Waals surface area contributed by atoms with E-state index in [1.165, 1.54) is 0 Å². The third-order valence-electron chi connectivity index (χ3n) is 2.30. The van der Waals surface area contributed by atoms with E-state index < -0.39 is 14.7 Å². The van der Waals surface area contributed by atoms with Crippen LogP contribution >= 0.6 is 43.2 Å². The summed E-state index contributed by atoms with van der Waals surface area (Å²) in [6.07, 6.45) is 0. The van der Waals surface area contributed by atoms with Crippen LogP contribution in [-0.2, 0) is 20.0 Å². The van der Waals surface area contributed by atoms with Gasteiger partial charge in [-0.15, -0.1) is 0 Å². The first kappa shape index (κ1) is 15.1. The predicted octanol–water partition coefficient (Wildman–Crippen LogP) is 2.81. The summed E-state index contributed by atoms with van der Waals surface area (Å²) in [4.78, 5) is 0. The first-order chi connectivity index (χ1) is 8.95. The van der Waals surface area contributed by atoms with E-state index in [1.807, 2.05) is 34.0 Å². The molecule has 3 aromatic rings. The summed E-state index contributed by atoms with van der Waals surface area (Å²) in [5.41, 5.74) is 0. The Hall–Kier alpha value is 0.689. The molecule has 0 bridgehead atoms. The maximum absolute atomic E-state index is 4.58. The van der Waals surface area contributed by atoms with Crippen molar-refractivity contribution in [3.8, 4) is 0 Å². The molecule has 1 radical (unpaired) electrons. The van der Waals surface area contributed by atoms with Crippen molar-refractivity contribution in [1.29, 1.82) is 0 Å². The molecule has 18 heavy (non-hydrogen) atoms. The number of hydrogen-bond acceptors (Lipinski definition) is 3. The van der Waals surface area contributed by atoms with Crippen LogP contribution in [-0.4, -0.2) is 14.7 Å². The topological polar surface area (TPSA) is 0 Å². The van der Waals surface area contributed by atoms with Gasteiger partial charge in [0, 0.05) is 0 Å². The minimum atomic E-state index is -1.42. The van der Waals surface area contributed by atoms with Crippen molar-refractivity contribution in [2.24, 2.45) is 0 Å². The van der Waals surface area contributed by atoms with Crippen molar-refractivity contribution in [3.05, 3.63) is 52.5 Å². The summed E-state index contributed by atoms with van der Waals surface area (Å²) in [7, 11) is 4.58. The van der Waals surface area contributed by atoms with E-state index in [2.05, 4.69) is 61.7 Å². The first-order valence-electron chi connectivity index (χ1n) is 5.05. The van der Waals surface area contributed by atoms with Crippen LogP contribution in [0.25, 0.3) is 0 Å². The van der Waals surface area contributed by atoms with Gasteiger partial charge in [-0.3, -0.25) is 0 Å². The van der Waals surface area contributed by atoms with E-state index in [0.29, 0.717) is 0 Å². The van der Waals surface area contributed by atoms with E-state index in [-0.39, 0.29) is 0 Å². The molecule has 0 spiro atoms. The normalized spacial score (nSPS) is 10.2. The van der Waals surface area contributed by atoms with Gasteiger partial charge in [0.25, 0.3) is 0 Å². The molecule has 0 amide bonds. The summed E-state index contributed by atoms with van der Waals surface area (Å²) >= 11 is 6.08. The molecule has 3 rings (SSSR count). The van der Waals surface area contributed by atoms with Crippen molar-refractivity contribution >= 4 is 68.8 Å². The molecule has 0 aliphatic rings. The molecule has 0 unspecified atom stereocenters. The molecule has 0 saturated heterocycles. The Morgan fingerprint density at radius 2 is 1.06 bits per heavy atom. The van der Waals surface area contributed by atoms with E-state index in [9.17, 15) is 0 Å². The zero-order valence-electron chi connectivity index (χ0n) is 9.10. The van der Waals surface area contributed by atoms with Gasteiger partial charge >= 0.3 is 141 Å². The molecule has 0 fully saturated rings. The minimum absolute atomic E-state index is 1.42. The van der Waals surface area contributed by atoms with Gasteiger partial charge in [-0.05, 0) is 0 Å². The summed E-state index contributed by atoms with van der Waals surface area (Å²) in [6, 6.07) is 13.4. The average molecular weight is 558 g/mol. The number of rotatable bonds is 3. The average Bonchev–Trinajstić information content (AvgIpc) is 3.17. The summed E-state index contributed by atoms with van der Waals surface area (Å²) in [5.74, 6) is 0. The van der Waals surface area contributed by atoms with Gasteiger partial charge in [0.2, 0.25) is 0 Å². The van der Waals surface area contributed by atoms with Crippen LogP contribution in [0.15, 0.2) is 52.5 Å². The summed E-state index contributed by atoms with van der Waals surface area (Å²) in [6.45, 7) is 0. The molecule has 0 N–H and O–H groups in total. The van der Waals surface area contributed by atoms with Gasteiger partial charge in [-0.1, -0.05) is 0 Å². The Kier molecular flexibility index (Phi) is 6.77. The van der Waals surface area contributed by atoms with E-state index >= 15 is 0 Å². The predicted molar refractivity (Wildman–Crippen MR) is 84.9 cm³/mol. The molecule has 3 aromatic heterocycles. The van der Waals surface area contributed by atoms with Crippen LogP contribution in [0.3, 0.4) is 0 Å². The van der Waals surface area contributed by atoms with Gasteiger partial charge in [-0.25, -0.2) is 0 Å². The van der Waals surface area contributed by atoms with E-state index in [4.69, 9.17) is 0 Å². The second kappa shape index (κ2) is 8.08. The van der Waals surface area contributed by atoms with Crippen molar-refractivity contribution in [1.82, 2.24) is 0 Å². The number of hydrogen-bond donors (Lipinski definition) is 0. The summed E-state index contributed by atoms with van der Waals surface area (Å²) in [5, 5.41) is 6.59. The molecule has 0 nitrogen and oxygen atoms in total. The Labute approximate surface area is 140 Å². The molecule has 99 valence electrons. The molecular weight excluding hydrogens is 548 g/mol. The molecule has 0 aromatic carbocycles. The molecule has 3 heterocycles. The van der Waals surface area contributed by atoms with Crippen molar-refractivity contribution in [2.45, 2.75) is 0 Å². The van der Waals surface area contributed by atoms with Crippen LogP contribution in [0.2, 0.25) is 0 Å². The van der Waals surface area contributed by atoms with Gasteiger partial charge in [0.1, 0.15) is 0 Å². The molecule has 0 aliphatic heterocycles. The fourth-order valence-electron chi connectivity index (χ4n) is 1.63. The van der Waals surface area contributed by atoms with E-state index in [0.717, 1.165) is 0 Å². The maximum atomic E-state index is 4.58. The van der Waals surface area contributed by atoms with E-state index in [1.54, 1.807) is 31.0 Å². The van der Waals surface area contributed by atoms with Crippen LogP contribution < -0.4 is 11.0 Å². The van der Waals surface area contributed by atoms with Gasteiger partial charge in [0.05, 0.1) is 0 Å². The first-order valence-corrected chi connectivity index (χ1v) is 13.5. The third-order valence-corrected chi connectivity index (χ3v) is 13.9.